The van der Waals surface area contributed by atoms with Crippen molar-refractivity contribution in [2.24, 2.45) is 0 Å². The van der Waals surface area contributed by atoms with E-state index < -0.39 is 42.3 Å². The van der Waals surface area contributed by atoms with Gasteiger partial charge in [0.05, 0.1) is 33.5 Å². The van der Waals surface area contributed by atoms with E-state index in [1.807, 2.05) is 31.2 Å². The summed E-state index contributed by atoms with van der Waals surface area (Å²) in [4.78, 5) is 60.0. The first-order chi connectivity index (χ1) is 34.6. The van der Waals surface area contributed by atoms with E-state index in [2.05, 4.69) is 77.5 Å². The van der Waals surface area contributed by atoms with Crippen molar-refractivity contribution >= 4 is 91.0 Å². The fraction of sp³-hybridized carbons (Fsp3) is 0.462. The molecule has 0 saturated carbocycles. The lowest BCUT2D eigenvalue weighted by molar-refractivity contribution is -0.135. The predicted octanol–water partition coefficient (Wildman–Crippen LogP) is 8.27. The summed E-state index contributed by atoms with van der Waals surface area (Å²) in [5.74, 6) is -1.80. The van der Waals surface area contributed by atoms with E-state index in [1.165, 1.54) is 16.2 Å². The molecule has 1 unspecified atom stereocenters. The highest BCUT2D eigenvalue weighted by atomic mass is 79.9. The Bertz CT molecular complexity index is 3160. The van der Waals surface area contributed by atoms with E-state index in [0.717, 1.165) is 103 Å². The first kappa shape index (κ1) is 51.2. The lowest BCUT2D eigenvalue weighted by Gasteiger charge is -2.43. The number of imidazole rings is 1. The maximum Gasteiger partial charge on any atom is 0.329 e. The van der Waals surface area contributed by atoms with Crippen LogP contribution in [0, 0.1) is 11.6 Å². The predicted molar refractivity (Wildman–Crippen MR) is 284 cm³/mol. The van der Waals surface area contributed by atoms with Gasteiger partial charge in [0.25, 0.3) is 0 Å². The minimum absolute atomic E-state index is 0.00342. The summed E-state index contributed by atoms with van der Waals surface area (Å²) in [7, 11) is -2.76. The Morgan fingerprint density at radius 1 is 0.861 bits per heavy atom. The van der Waals surface area contributed by atoms with Gasteiger partial charge >= 0.3 is 5.69 Å². The highest BCUT2D eigenvalue weighted by Gasteiger charge is 2.35. The largest absolute Gasteiger partial charge is 0.492 e. The van der Waals surface area contributed by atoms with Crippen molar-refractivity contribution in [3.8, 4) is 5.75 Å². The van der Waals surface area contributed by atoms with Crippen molar-refractivity contribution in [1.29, 1.82) is 0 Å². The molecular weight excluding hydrogens is 1010 g/mol. The number of fused-ring (bicyclic) bond motifs is 2. The number of imide groups is 1. The molecule has 3 N–H and O–H groups in total. The summed E-state index contributed by atoms with van der Waals surface area (Å²) in [6.45, 7) is 17.9. The second kappa shape index (κ2) is 21.4. The van der Waals surface area contributed by atoms with Gasteiger partial charge in [0.15, 0.2) is 11.6 Å². The molecule has 6 heterocycles. The molecule has 0 bridgehead atoms. The van der Waals surface area contributed by atoms with Crippen molar-refractivity contribution < 1.29 is 27.7 Å². The van der Waals surface area contributed by atoms with Crippen molar-refractivity contribution in [2.75, 3.05) is 81.3 Å². The van der Waals surface area contributed by atoms with E-state index in [1.54, 1.807) is 26.5 Å². The van der Waals surface area contributed by atoms with Gasteiger partial charge in [-0.3, -0.25) is 33.9 Å². The van der Waals surface area contributed by atoms with Crippen LogP contribution in [0.25, 0.3) is 21.9 Å². The Labute approximate surface area is 426 Å². The number of benzene rings is 3. The molecule has 3 saturated heterocycles. The van der Waals surface area contributed by atoms with Crippen molar-refractivity contribution in [3.05, 3.63) is 92.1 Å². The number of nitrogens with one attached hydrogen (secondary N) is 3. The number of piperazine rings is 1. The molecule has 16 nitrogen and oxygen atoms in total. The molecule has 3 aromatic carbocycles. The zero-order valence-corrected chi connectivity index (χ0v) is 44.3. The molecule has 0 radical (unpaired) electrons. The van der Waals surface area contributed by atoms with Crippen molar-refractivity contribution in [3.63, 3.8) is 0 Å². The number of amides is 2. The number of anilines is 5. The summed E-state index contributed by atoms with van der Waals surface area (Å²) in [5, 5.41) is 10.7. The fourth-order valence-corrected chi connectivity index (χ4v) is 12.5. The zero-order valence-electron chi connectivity index (χ0n) is 41.8. The smallest absolute Gasteiger partial charge is 0.329 e. The highest BCUT2D eigenvalue weighted by molar-refractivity contribution is 9.10. The molecule has 3 aromatic heterocycles. The molecule has 6 aromatic rings. The summed E-state index contributed by atoms with van der Waals surface area (Å²) in [6.07, 6.45) is 5.74. The van der Waals surface area contributed by atoms with E-state index in [0.29, 0.717) is 64.4 Å². The average Bonchev–Trinajstić information content (AvgIpc) is 3.67. The number of piperidine rings is 2. The summed E-state index contributed by atoms with van der Waals surface area (Å²) in [6, 6.07) is 12.6. The van der Waals surface area contributed by atoms with E-state index in [9.17, 15) is 18.9 Å². The topological polar surface area (TPSA) is 172 Å². The molecule has 0 spiro atoms. The van der Waals surface area contributed by atoms with Gasteiger partial charge in [0.2, 0.25) is 17.8 Å². The van der Waals surface area contributed by atoms with Crippen LogP contribution in [0.15, 0.2) is 57.9 Å². The van der Waals surface area contributed by atoms with Gasteiger partial charge < -0.3 is 29.7 Å². The van der Waals surface area contributed by atoms with Crippen LogP contribution in [0.3, 0.4) is 0 Å². The van der Waals surface area contributed by atoms with Gasteiger partial charge in [-0.05, 0) is 123 Å². The third kappa shape index (κ3) is 10.3. The molecular formula is C52H63BrF2N11O5P. The van der Waals surface area contributed by atoms with Crippen LogP contribution in [0.2, 0.25) is 0 Å². The van der Waals surface area contributed by atoms with Crippen LogP contribution < -0.4 is 36.6 Å². The minimum atomic E-state index is -2.76. The zero-order chi connectivity index (χ0) is 51.0. The Kier molecular flexibility index (Phi) is 15.2. The standard InChI is InChI=1S/C52H63BrF2N11O5P/c1-7-31-28-40(59-51-56-30-36(53)49(61-51)58-39-14-13-38-35(48(39)72(5,6)70)12-11-33(8-2)57-38)43(71-10-4)29-42(31)64-21-18-34(19-22-64)63-25-23-62(24-26-63)20-17-32-27-37(54)45(55)47-46(32)65(9-3)52(69)66(47)41-15-16-44(67)60-50(41)68/h11-14,27-30,34,41H,7-10,15-26H2,1-6H3,(H,60,67,68)(H2,56,58,59,61). The Balaban J connectivity index is 0.843. The van der Waals surface area contributed by atoms with Crippen molar-refractivity contribution in [2.45, 2.75) is 91.3 Å². The number of carbonyl (C=O) groups excluding carboxylic acids is 2. The number of nitrogens with zero attached hydrogens (tertiary/aromatic N) is 8. The van der Waals surface area contributed by atoms with Gasteiger partial charge in [-0.2, -0.15) is 4.98 Å². The number of rotatable bonds is 16. The summed E-state index contributed by atoms with van der Waals surface area (Å²) >= 11 is 3.63. The number of aromatic nitrogens is 5. The molecule has 9 rings (SSSR count). The first-order valence-corrected chi connectivity index (χ1v) is 28.5. The van der Waals surface area contributed by atoms with Gasteiger partial charge in [-0.15, -0.1) is 0 Å². The maximum absolute atomic E-state index is 15.6. The molecule has 0 aliphatic carbocycles. The van der Waals surface area contributed by atoms with Gasteiger partial charge in [0, 0.05) is 99.2 Å². The number of aryl methyl sites for hydroxylation is 3. The monoisotopic (exact) mass is 1070 g/mol. The van der Waals surface area contributed by atoms with E-state index in [4.69, 9.17) is 14.7 Å². The molecule has 3 aliphatic rings. The molecule has 382 valence electrons. The molecule has 3 fully saturated rings. The fourth-order valence-electron chi connectivity index (χ4n) is 10.7. The number of ether oxygens (including phenoxy) is 1. The average molecular weight is 1070 g/mol. The van der Waals surface area contributed by atoms with Crippen LogP contribution in [0.1, 0.15) is 76.2 Å². The highest BCUT2D eigenvalue weighted by Crippen LogP contribution is 2.43. The number of hydrogen-bond acceptors (Lipinski definition) is 13. The number of pyridine rings is 1. The van der Waals surface area contributed by atoms with Gasteiger partial charge in [-0.1, -0.05) is 19.9 Å². The number of carbonyl (C=O) groups is 2. The second-order valence-electron chi connectivity index (χ2n) is 19.2. The second-order valence-corrected chi connectivity index (χ2v) is 23.2. The quantitative estimate of drug-likeness (QED) is 0.0626. The molecule has 1 atom stereocenters. The van der Waals surface area contributed by atoms with E-state index >= 15 is 8.78 Å². The lowest BCUT2D eigenvalue weighted by atomic mass is 9.99. The van der Waals surface area contributed by atoms with Crippen LogP contribution in [0.5, 0.6) is 5.75 Å². The SMILES string of the molecule is CCOc1cc(N2CCC(N3CCN(CCc4cc(F)c(F)c5c4n(CC)c(=O)n5C4CCC(=O)NC4=O)CC3)CC2)c(CC)cc1Nc1ncc(Br)c(Nc2ccc3nc(CC)ccc3c2P(C)(C)=O)n1. The summed E-state index contributed by atoms with van der Waals surface area (Å²) < 4.78 is 54.0. The first-order valence-electron chi connectivity index (χ1n) is 25.1. The lowest BCUT2D eigenvalue weighted by Crippen LogP contribution is -2.53. The number of hydrogen-bond donors (Lipinski definition) is 3. The summed E-state index contributed by atoms with van der Waals surface area (Å²) in [5.41, 5.74) is 5.54. The third-order valence-corrected chi connectivity index (χ3v) is 16.5. The van der Waals surface area contributed by atoms with Crippen LogP contribution >= 0.6 is 23.1 Å². The molecule has 3 aliphatic heterocycles. The molecule has 72 heavy (non-hydrogen) atoms. The van der Waals surface area contributed by atoms with Crippen LogP contribution in [0.4, 0.5) is 37.6 Å². The Morgan fingerprint density at radius 2 is 1.62 bits per heavy atom. The maximum atomic E-state index is 15.6. The Morgan fingerprint density at radius 3 is 2.31 bits per heavy atom. The number of halogens is 3. The Hall–Kier alpha value is -5.75. The van der Waals surface area contributed by atoms with Crippen LogP contribution in [-0.4, -0.2) is 117 Å². The minimum Gasteiger partial charge on any atom is -0.492 e. The van der Waals surface area contributed by atoms with Gasteiger partial charge in [-0.25, -0.2) is 18.6 Å². The normalized spacial score (nSPS) is 17.5. The molecule has 2 amide bonds. The van der Waals surface area contributed by atoms with Crippen molar-refractivity contribution in [1.82, 2.24) is 39.2 Å². The third-order valence-electron chi connectivity index (χ3n) is 14.4. The van der Waals surface area contributed by atoms with Crippen LogP contribution in [-0.2, 0) is 40.0 Å². The van der Waals surface area contributed by atoms with E-state index in [-0.39, 0.29) is 24.9 Å². The molecule has 20 heteroatoms. The van der Waals surface area contributed by atoms with Gasteiger partial charge in [0.1, 0.15) is 30.3 Å².